The van der Waals surface area contributed by atoms with E-state index < -0.39 is 67.0 Å². The number of amides is 1. The molecular formula is C21H24ClNO10. The molecule has 1 aromatic rings. The average Bonchev–Trinajstić information content (AvgIpc) is 2.70. The van der Waals surface area contributed by atoms with Crippen LogP contribution >= 0.6 is 11.6 Å². The molecular weight excluding hydrogens is 462 g/mol. The predicted octanol–water partition coefficient (Wildman–Crippen LogP) is 1.15. The maximum Gasteiger partial charge on any atom is 0.305 e. The van der Waals surface area contributed by atoms with E-state index in [1.54, 1.807) is 12.1 Å². The Bertz CT molecular complexity index is 920. The normalized spacial score (nSPS) is 24.2. The lowest BCUT2D eigenvalue weighted by Gasteiger charge is -2.44. The number of carbonyl (C=O) groups is 5. The van der Waals surface area contributed by atoms with Crippen molar-refractivity contribution in [1.82, 2.24) is 5.32 Å². The number of rotatable bonds is 7. The number of hydrogen-bond acceptors (Lipinski definition) is 10. The molecule has 0 spiro atoms. The molecule has 1 aliphatic rings. The number of halogens is 1. The van der Waals surface area contributed by atoms with Gasteiger partial charge in [-0.05, 0) is 12.1 Å². The van der Waals surface area contributed by atoms with E-state index in [1.807, 2.05) is 0 Å². The number of ether oxygens (including phenoxy) is 5. The zero-order chi connectivity index (χ0) is 24.7. The van der Waals surface area contributed by atoms with Crippen molar-refractivity contribution in [2.75, 3.05) is 6.61 Å². The lowest BCUT2D eigenvalue weighted by Crippen LogP contribution is -2.67. The summed E-state index contributed by atoms with van der Waals surface area (Å²) in [6, 6.07) is 4.86. The van der Waals surface area contributed by atoms with Gasteiger partial charge in [-0.2, -0.15) is 0 Å². The highest BCUT2D eigenvalue weighted by Gasteiger charge is 2.52. The lowest BCUT2D eigenvalue weighted by molar-refractivity contribution is -0.270. The molecule has 33 heavy (non-hydrogen) atoms. The first kappa shape index (κ1) is 26.1. The van der Waals surface area contributed by atoms with Crippen LogP contribution in [0.5, 0.6) is 0 Å². The van der Waals surface area contributed by atoms with Crippen LogP contribution in [-0.4, -0.2) is 67.0 Å². The summed E-state index contributed by atoms with van der Waals surface area (Å²) in [7, 11) is 0. The minimum Gasteiger partial charge on any atom is -0.463 e. The first-order chi connectivity index (χ1) is 15.5. The van der Waals surface area contributed by atoms with Gasteiger partial charge in [0.2, 0.25) is 6.29 Å². The summed E-state index contributed by atoms with van der Waals surface area (Å²) < 4.78 is 26.5. The molecule has 0 aliphatic carbocycles. The molecule has 2 rings (SSSR count). The third-order valence-electron chi connectivity index (χ3n) is 4.40. The van der Waals surface area contributed by atoms with E-state index >= 15 is 0 Å². The van der Waals surface area contributed by atoms with E-state index in [9.17, 15) is 24.0 Å². The molecule has 11 nitrogen and oxygen atoms in total. The summed E-state index contributed by atoms with van der Waals surface area (Å²) in [6.45, 7) is 4.08. The number of carbonyl (C=O) groups excluding carboxylic acids is 5. The summed E-state index contributed by atoms with van der Waals surface area (Å²) >= 11 is 6.09. The van der Waals surface area contributed by atoms with Gasteiger partial charge in [0.05, 0.1) is 10.6 Å². The second-order valence-corrected chi connectivity index (χ2v) is 7.49. The van der Waals surface area contributed by atoms with Gasteiger partial charge in [0, 0.05) is 27.7 Å². The van der Waals surface area contributed by atoms with Gasteiger partial charge in [0.15, 0.2) is 12.2 Å². The van der Waals surface area contributed by atoms with Crippen LogP contribution in [-0.2, 0) is 42.9 Å². The first-order valence-electron chi connectivity index (χ1n) is 9.85. The van der Waals surface area contributed by atoms with Crippen LogP contribution in [0.2, 0.25) is 5.02 Å². The van der Waals surface area contributed by atoms with Crippen LogP contribution in [0.25, 0.3) is 0 Å². The lowest BCUT2D eigenvalue weighted by atomic mass is 9.95. The molecule has 1 heterocycles. The van der Waals surface area contributed by atoms with Crippen molar-refractivity contribution in [1.29, 1.82) is 0 Å². The van der Waals surface area contributed by atoms with Gasteiger partial charge in [-0.3, -0.25) is 24.0 Å². The molecule has 1 amide bonds. The van der Waals surface area contributed by atoms with Gasteiger partial charge in [0.25, 0.3) is 5.91 Å². The Morgan fingerprint density at radius 2 is 1.45 bits per heavy atom. The third-order valence-corrected chi connectivity index (χ3v) is 4.73. The molecule has 1 saturated heterocycles. The van der Waals surface area contributed by atoms with Crippen LogP contribution in [0.1, 0.15) is 38.1 Å². The molecule has 0 unspecified atom stereocenters. The zero-order valence-electron chi connectivity index (χ0n) is 18.4. The number of benzene rings is 1. The number of nitrogens with one attached hydrogen (secondary N) is 1. The highest BCUT2D eigenvalue weighted by molar-refractivity contribution is 6.33. The summed E-state index contributed by atoms with van der Waals surface area (Å²) in [5.74, 6) is -3.64. The smallest absolute Gasteiger partial charge is 0.305 e. The Kier molecular flexibility index (Phi) is 9.18. The van der Waals surface area contributed by atoms with Gasteiger partial charge in [-0.1, -0.05) is 23.7 Å². The average molecular weight is 486 g/mol. The van der Waals surface area contributed by atoms with E-state index in [0.717, 1.165) is 27.7 Å². The van der Waals surface area contributed by atoms with Crippen molar-refractivity contribution in [3.63, 3.8) is 0 Å². The highest BCUT2D eigenvalue weighted by atomic mass is 35.5. The zero-order valence-corrected chi connectivity index (χ0v) is 19.1. The van der Waals surface area contributed by atoms with E-state index in [0.29, 0.717) is 0 Å². The standard InChI is InChI=1S/C21H24ClNO10/c1-10(24)29-9-16-18(30-11(2)25)19(31-12(3)26)17(21(33-16)32-13(4)27)23-20(28)14-7-5-6-8-15(14)22/h5-8,16-19,21H,9H2,1-4H3,(H,23,28)/t16-,17+,18-,19+,21-/m0/s1. The van der Waals surface area contributed by atoms with Crippen molar-refractivity contribution in [3.05, 3.63) is 34.9 Å². The van der Waals surface area contributed by atoms with Gasteiger partial charge >= 0.3 is 23.9 Å². The maximum atomic E-state index is 12.9. The van der Waals surface area contributed by atoms with E-state index in [4.69, 9.17) is 35.3 Å². The minimum absolute atomic E-state index is 0.0911. The summed E-state index contributed by atoms with van der Waals surface area (Å²) in [5.41, 5.74) is 0.0911. The Morgan fingerprint density at radius 1 is 0.879 bits per heavy atom. The number of esters is 4. The van der Waals surface area contributed by atoms with Crippen molar-refractivity contribution < 1.29 is 47.7 Å². The topological polar surface area (TPSA) is 144 Å². The molecule has 0 saturated carbocycles. The largest absolute Gasteiger partial charge is 0.463 e. The maximum absolute atomic E-state index is 12.9. The molecule has 12 heteroatoms. The molecule has 1 N–H and O–H groups in total. The fourth-order valence-electron chi connectivity index (χ4n) is 3.19. The van der Waals surface area contributed by atoms with Crippen molar-refractivity contribution in [2.24, 2.45) is 0 Å². The molecule has 0 aromatic heterocycles. The molecule has 0 radical (unpaired) electrons. The van der Waals surface area contributed by atoms with Crippen molar-refractivity contribution in [2.45, 2.75) is 58.3 Å². The van der Waals surface area contributed by atoms with Crippen LogP contribution in [0, 0.1) is 0 Å². The molecule has 0 bridgehead atoms. The molecule has 180 valence electrons. The fourth-order valence-corrected chi connectivity index (χ4v) is 3.42. The summed E-state index contributed by atoms with van der Waals surface area (Å²) in [4.78, 5) is 59.6. The molecule has 1 fully saturated rings. The molecule has 1 aliphatic heterocycles. The third kappa shape index (κ3) is 7.43. The van der Waals surface area contributed by atoms with E-state index in [-0.39, 0.29) is 10.6 Å². The van der Waals surface area contributed by atoms with Crippen molar-refractivity contribution in [3.8, 4) is 0 Å². The Morgan fingerprint density at radius 3 is 2.00 bits per heavy atom. The molecule has 5 atom stereocenters. The summed E-state index contributed by atoms with van der Waals surface area (Å²) in [5, 5.41) is 2.72. The SMILES string of the molecule is CC(=O)OC[C@@H]1O[C@H](OC(C)=O)[C@H](NC(=O)c2ccccc2Cl)[C@@H](OC(C)=O)[C@H]1OC(C)=O. The second-order valence-electron chi connectivity index (χ2n) is 7.08. The Hall–Kier alpha value is -3.18. The van der Waals surface area contributed by atoms with Crippen LogP contribution in [0.3, 0.4) is 0 Å². The fraction of sp³-hybridized carbons (Fsp3) is 0.476. The van der Waals surface area contributed by atoms with Gasteiger partial charge < -0.3 is 29.0 Å². The van der Waals surface area contributed by atoms with E-state index in [2.05, 4.69) is 5.32 Å². The quantitative estimate of drug-likeness (QED) is 0.441. The van der Waals surface area contributed by atoms with Gasteiger partial charge in [-0.15, -0.1) is 0 Å². The molecule has 1 aromatic carbocycles. The highest BCUT2D eigenvalue weighted by Crippen LogP contribution is 2.28. The van der Waals surface area contributed by atoms with Crippen molar-refractivity contribution >= 4 is 41.4 Å². The van der Waals surface area contributed by atoms with E-state index in [1.165, 1.54) is 12.1 Å². The monoisotopic (exact) mass is 485 g/mol. The van der Waals surface area contributed by atoms with Gasteiger partial charge in [0.1, 0.15) is 18.8 Å². The van der Waals surface area contributed by atoms with Crippen LogP contribution in [0.4, 0.5) is 0 Å². The van der Waals surface area contributed by atoms with Gasteiger partial charge in [-0.25, -0.2) is 0 Å². The Labute approximate surface area is 194 Å². The number of hydrogen-bond donors (Lipinski definition) is 1. The van der Waals surface area contributed by atoms with Crippen LogP contribution in [0.15, 0.2) is 24.3 Å². The summed E-state index contributed by atoms with van der Waals surface area (Å²) in [6.07, 6.45) is -5.34. The minimum atomic E-state index is -1.48. The second kappa shape index (κ2) is 11.6. The van der Waals surface area contributed by atoms with Crippen LogP contribution < -0.4 is 5.32 Å². The predicted molar refractivity (Wildman–Crippen MR) is 111 cm³/mol. The Balaban J connectivity index is 2.47. The first-order valence-corrected chi connectivity index (χ1v) is 10.2.